The summed E-state index contributed by atoms with van der Waals surface area (Å²) in [5.74, 6) is 0.161. The van der Waals surface area contributed by atoms with Gasteiger partial charge in [0.2, 0.25) is 6.41 Å². The van der Waals surface area contributed by atoms with Crippen molar-refractivity contribution in [3.63, 3.8) is 0 Å². The van der Waals surface area contributed by atoms with E-state index in [4.69, 9.17) is 0 Å². The molecule has 0 aliphatic heterocycles. The number of phenols is 1. The molecule has 0 aliphatic rings. The quantitative estimate of drug-likeness (QED) is 0.307. The second-order valence-electron chi connectivity index (χ2n) is 5.93. The monoisotopic (exact) mass is 506 g/mol. The van der Waals surface area contributed by atoms with Crippen LogP contribution in [0, 0.1) is 6.92 Å². The third-order valence-corrected chi connectivity index (χ3v) is 5.98. The number of phenolic OH excluding ortho intramolecular Hbond substituents is 1. The van der Waals surface area contributed by atoms with Crippen LogP contribution in [0.3, 0.4) is 0 Å². The Morgan fingerprint density at radius 1 is 1.22 bits per heavy atom. The molecule has 1 aromatic heterocycles. The van der Waals surface area contributed by atoms with Gasteiger partial charge in [0.1, 0.15) is 5.75 Å². The van der Waals surface area contributed by atoms with Crippen LogP contribution in [0.15, 0.2) is 44.7 Å². The van der Waals surface area contributed by atoms with E-state index < -0.39 is 0 Å². The summed E-state index contributed by atoms with van der Waals surface area (Å²) in [5.41, 5.74) is 5.43. The molecule has 0 atom stereocenters. The molecule has 1 heterocycles. The second-order valence-corrected chi connectivity index (χ2v) is 8.71. The van der Waals surface area contributed by atoms with Gasteiger partial charge in [0.05, 0.1) is 19.6 Å². The Kier molecular flexibility index (Phi) is 6.14. The Morgan fingerprint density at radius 3 is 2.52 bits per heavy atom. The number of thiazole rings is 1. The Bertz CT molecular complexity index is 1020. The fraction of sp³-hybridized carbons (Fsp3) is 0.100. The first-order valence-corrected chi connectivity index (χ1v) is 10.5. The molecule has 2 N–H and O–H groups in total. The van der Waals surface area contributed by atoms with Gasteiger partial charge in [-0.3, -0.25) is 4.79 Å². The van der Waals surface area contributed by atoms with E-state index in [9.17, 15) is 9.90 Å². The third-order valence-electron chi connectivity index (χ3n) is 4.00. The van der Waals surface area contributed by atoms with Crippen LogP contribution in [-0.4, -0.2) is 16.5 Å². The number of aromatic hydroxyl groups is 1. The first-order valence-electron chi connectivity index (χ1n) is 8.02. The Morgan fingerprint density at radius 2 is 1.93 bits per heavy atom. The van der Waals surface area contributed by atoms with E-state index in [0.717, 1.165) is 38.7 Å². The molecule has 0 aliphatic carbocycles. The summed E-state index contributed by atoms with van der Waals surface area (Å²) in [6.07, 6.45) is 2.67. The number of rotatable bonds is 5. The summed E-state index contributed by atoms with van der Waals surface area (Å²) in [6.45, 7) is 3.96. The zero-order valence-corrected chi connectivity index (χ0v) is 18.6. The van der Waals surface area contributed by atoms with Crippen LogP contribution in [0.2, 0.25) is 0 Å². The van der Waals surface area contributed by atoms with Crippen LogP contribution < -0.4 is 5.32 Å². The number of hydrogen-bond donors (Lipinski definition) is 2. The van der Waals surface area contributed by atoms with Crippen molar-refractivity contribution in [1.82, 2.24) is 4.98 Å². The van der Waals surface area contributed by atoms with E-state index in [1.165, 1.54) is 0 Å². The molecule has 1 amide bonds. The minimum absolute atomic E-state index is 0.161. The molecule has 138 valence electrons. The van der Waals surface area contributed by atoms with Gasteiger partial charge in [-0.1, -0.05) is 12.1 Å². The number of nitrogens with one attached hydrogen (secondary N) is 1. The van der Waals surface area contributed by atoms with Crippen molar-refractivity contribution in [2.45, 2.75) is 13.8 Å². The Balaban J connectivity index is 2.08. The summed E-state index contributed by atoms with van der Waals surface area (Å²) in [7, 11) is 0. The SMILES string of the molecule is C/C(=C\c1cc(Br)c(O)c(Br)c1)c1cc(-c2csc(C)n2)ccc1NC=O. The van der Waals surface area contributed by atoms with Crippen molar-refractivity contribution < 1.29 is 9.90 Å². The maximum absolute atomic E-state index is 11.0. The van der Waals surface area contributed by atoms with Gasteiger partial charge in [-0.05, 0) is 81.1 Å². The van der Waals surface area contributed by atoms with E-state index in [2.05, 4.69) is 42.2 Å². The second kappa shape index (κ2) is 8.37. The van der Waals surface area contributed by atoms with Crippen LogP contribution in [0.4, 0.5) is 5.69 Å². The highest BCUT2D eigenvalue weighted by molar-refractivity contribution is 9.11. The first-order chi connectivity index (χ1) is 12.9. The average Bonchev–Trinajstić information content (AvgIpc) is 3.06. The molecule has 0 unspecified atom stereocenters. The number of hydrogen-bond acceptors (Lipinski definition) is 4. The number of halogens is 2. The van der Waals surface area contributed by atoms with Crippen molar-refractivity contribution in [1.29, 1.82) is 0 Å². The third kappa shape index (κ3) is 4.48. The number of amides is 1. The van der Waals surface area contributed by atoms with Gasteiger partial charge in [-0.2, -0.15) is 0 Å². The highest BCUT2D eigenvalue weighted by Gasteiger charge is 2.10. The van der Waals surface area contributed by atoms with Crippen molar-refractivity contribution in [2.24, 2.45) is 0 Å². The number of aryl methyl sites for hydroxylation is 1. The van der Waals surface area contributed by atoms with E-state index >= 15 is 0 Å². The van der Waals surface area contributed by atoms with Gasteiger partial charge in [-0.15, -0.1) is 11.3 Å². The molecule has 27 heavy (non-hydrogen) atoms. The lowest BCUT2D eigenvalue weighted by Gasteiger charge is -2.12. The van der Waals surface area contributed by atoms with E-state index in [-0.39, 0.29) is 5.75 Å². The summed E-state index contributed by atoms with van der Waals surface area (Å²) in [5, 5.41) is 15.7. The lowest BCUT2D eigenvalue weighted by molar-refractivity contribution is -0.105. The molecule has 3 aromatic rings. The Labute approximate surface area is 178 Å². The number of aromatic nitrogens is 1. The van der Waals surface area contributed by atoms with E-state index in [1.54, 1.807) is 11.3 Å². The molecular formula is C20H16Br2N2O2S. The molecule has 0 spiro atoms. The molecule has 0 radical (unpaired) electrons. The van der Waals surface area contributed by atoms with Gasteiger partial charge < -0.3 is 10.4 Å². The molecule has 0 saturated heterocycles. The molecular weight excluding hydrogens is 492 g/mol. The van der Waals surface area contributed by atoms with Crippen LogP contribution >= 0.6 is 43.2 Å². The summed E-state index contributed by atoms with van der Waals surface area (Å²) >= 11 is 8.31. The normalized spacial score (nSPS) is 11.5. The minimum atomic E-state index is 0.161. The molecule has 0 bridgehead atoms. The van der Waals surface area contributed by atoms with Crippen molar-refractivity contribution >= 4 is 66.9 Å². The molecule has 3 rings (SSSR count). The van der Waals surface area contributed by atoms with Crippen molar-refractivity contribution in [2.75, 3.05) is 5.32 Å². The predicted octanol–water partition coefficient (Wildman–Crippen LogP) is 6.48. The number of benzene rings is 2. The lowest BCUT2D eigenvalue weighted by Crippen LogP contribution is -1.98. The van der Waals surface area contributed by atoms with E-state index in [0.29, 0.717) is 15.4 Å². The minimum Gasteiger partial charge on any atom is -0.506 e. The van der Waals surface area contributed by atoms with Gasteiger partial charge >= 0.3 is 0 Å². The summed E-state index contributed by atoms with van der Waals surface area (Å²) < 4.78 is 1.21. The molecule has 2 aromatic carbocycles. The molecule has 4 nitrogen and oxygen atoms in total. The van der Waals surface area contributed by atoms with Crippen molar-refractivity contribution in [3.05, 3.63) is 60.8 Å². The lowest BCUT2D eigenvalue weighted by atomic mass is 9.99. The maximum Gasteiger partial charge on any atom is 0.211 e. The fourth-order valence-corrected chi connectivity index (χ4v) is 4.56. The first kappa shape index (κ1) is 19.8. The summed E-state index contributed by atoms with van der Waals surface area (Å²) in [4.78, 5) is 15.6. The van der Waals surface area contributed by atoms with Gasteiger partial charge in [0.15, 0.2) is 0 Å². The van der Waals surface area contributed by atoms with Gasteiger partial charge in [0, 0.05) is 22.2 Å². The number of nitrogens with zero attached hydrogens (tertiary/aromatic N) is 1. The molecule has 7 heteroatoms. The smallest absolute Gasteiger partial charge is 0.211 e. The molecule has 0 saturated carbocycles. The average molecular weight is 508 g/mol. The molecule has 0 fully saturated rings. The van der Waals surface area contributed by atoms with Crippen LogP contribution in [-0.2, 0) is 4.79 Å². The van der Waals surface area contributed by atoms with Crippen LogP contribution in [0.1, 0.15) is 23.1 Å². The number of anilines is 1. The standard InChI is InChI=1S/C20H16Br2N2O2S/c1-11(5-13-6-16(21)20(26)17(22)7-13)15-8-14(3-4-18(15)23-10-25)19-9-27-12(2)24-19/h3-10,26H,1-2H3,(H,23,25)/b11-5+. The number of carbonyl (C=O) groups excluding carboxylic acids is 1. The van der Waals surface area contributed by atoms with Gasteiger partial charge in [0.25, 0.3) is 0 Å². The Hall–Kier alpha value is -1.96. The summed E-state index contributed by atoms with van der Waals surface area (Å²) in [6, 6.07) is 9.53. The van der Waals surface area contributed by atoms with Gasteiger partial charge in [-0.25, -0.2) is 4.98 Å². The van der Waals surface area contributed by atoms with E-state index in [1.807, 2.05) is 55.6 Å². The maximum atomic E-state index is 11.0. The van der Waals surface area contributed by atoms with Crippen LogP contribution in [0.25, 0.3) is 22.9 Å². The fourth-order valence-electron chi connectivity index (χ4n) is 2.71. The number of allylic oxidation sites excluding steroid dienone is 1. The largest absolute Gasteiger partial charge is 0.506 e. The topological polar surface area (TPSA) is 62.2 Å². The number of carbonyl (C=O) groups is 1. The predicted molar refractivity (Wildman–Crippen MR) is 119 cm³/mol. The highest BCUT2D eigenvalue weighted by atomic mass is 79.9. The zero-order chi connectivity index (χ0) is 19.6. The highest BCUT2D eigenvalue weighted by Crippen LogP contribution is 2.36. The zero-order valence-electron chi connectivity index (χ0n) is 14.6. The van der Waals surface area contributed by atoms with Crippen LogP contribution in [0.5, 0.6) is 5.75 Å². The van der Waals surface area contributed by atoms with Crippen molar-refractivity contribution in [3.8, 4) is 17.0 Å².